The Morgan fingerprint density at radius 2 is 2.04 bits per heavy atom. The summed E-state index contributed by atoms with van der Waals surface area (Å²) in [5.41, 5.74) is 3.06. The minimum atomic E-state index is -0.512. The first kappa shape index (κ1) is 15.6. The highest BCUT2D eigenvalue weighted by Crippen LogP contribution is 2.23. The Bertz CT molecular complexity index is 912. The Morgan fingerprint density at radius 1 is 1.33 bits per heavy atom. The number of esters is 1. The van der Waals surface area contributed by atoms with Gasteiger partial charge in [0.2, 0.25) is 5.90 Å². The summed E-state index contributed by atoms with van der Waals surface area (Å²) in [7, 11) is 3.38. The van der Waals surface area contributed by atoms with Crippen molar-refractivity contribution in [2.45, 2.75) is 6.92 Å². The zero-order valence-corrected chi connectivity index (χ0v) is 13.5. The monoisotopic (exact) mass is 321 g/mol. The maximum absolute atomic E-state index is 12.1. The van der Waals surface area contributed by atoms with Crippen molar-refractivity contribution in [2.75, 3.05) is 7.11 Å². The van der Waals surface area contributed by atoms with Gasteiger partial charge in [0.1, 0.15) is 17.5 Å². The number of rotatable bonds is 3. The summed E-state index contributed by atoms with van der Waals surface area (Å²) in [6.07, 6.45) is 1.63. The molecule has 2 heterocycles. The number of methoxy groups -OCH3 is 1. The molecule has 1 aliphatic heterocycles. The molecule has 0 fully saturated rings. The van der Waals surface area contributed by atoms with Crippen molar-refractivity contribution in [3.05, 3.63) is 58.5 Å². The van der Waals surface area contributed by atoms with Gasteiger partial charge in [0.25, 0.3) is 0 Å². The number of hydrogen-bond donors (Lipinski definition) is 0. The molecule has 1 aromatic carbocycles. The van der Waals surface area contributed by atoms with Crippen LogP contribution in [0, 0.1) is 18.3 Å². The fraction of sp³-hybridized carbons (Fsp3) is 0.167. The van der Waals surface area contributed by atoms with E-state index in [1.54, 1.807) is 55.1 Å². The zero-order chi connectivity index (χ0) is 17.3. The third-order valence-corrected chi connectivity index (χ3v) is 3.94. The summed E-state index contributed by atoms with van der Waals surface area (Å²) in [4.78, 5) is 16.3. The topological polar surface area (TPSA) is 76.6 Å². The summed E-state index contributed by atoms with van der Waals surface area (Å²) in [6, 6.07) is 10.9. The average molecular weight is 321 g/mol. The van der Waals surface area contributed by atoms with E-state index in [9.17, 15) is 4.79 Å². The van der Waals surface area contributed by atoms with Crippen LogP contribution in [0.15, 0.2) is 41.0 Å². The van der Waals surface area contributed by atoms with E-state index in [0.717, 1.165) is 11.3 Å². The number of ether oxygens (including phenoxy) is 2. The van der Waals surface area contributed by atoms with E-state index in [4.69, 9.17) is 14.7 Å². The van der Waals surface area contributed by atoms with Crippen LogP contribution in [0.5, 0.6) is 5.75 Å². The SMILES string of the molecule is COc1ccc(C2=N/C(=C\c3cc(C#N)n(C)c3C)C(=O)O2)cc1. The maximum atomic E-state index is 12.1. The molecule has 0 atom stereocenters. The fourth-order valence-corrected chi connectivity index (χ4v) is 2.39. The fourth-order valence-electron chi connectivity index (χ4n) is 2.39. The standard InChI is InChI=1S/C18H15N3O3/c1-11-13(8-14(10-19)21(11)2)9-16-18(22)24-17(20-16)12-4-6-15(23-3)7-5-12/h4-9H,1-3H3/b16-9-. The van der Waals surface area contributed by atoms with Gasteiger partial charge in [-0.2, -0.15) is 5.26 Å². The van der Waals surface area contributed by atoms with Crippen molar-refractivity contribution < 1.29 is 14.3 Å². The van der Waals surface area contributed by atoms with Gasteiger partial charge in [-0.25, -0.2) is 9.79 Å². The molecule has 0 spiro atoms. The first-order valence-electron chi connectivity index (χ1n) is 7.27. The highest BCUT2D eigenvalue weighted by atomic mass is 16.6. The predicted octanol–water partition coefficient (Wildman–Crippen LogP) is 2.56. The van der Waals surface area contributed by atoms with Crippen molar-refractivity contribution in [3.8, 4) is 11.8 Å². The molecule has 0 saturated carbocycles. The molecule has 1 aliphatic rings. The van der Waals surface area contributed by atoms with Gasteiger partial charge < -0.3 is 14.0 Å². The average Bonchev–Trinajstić information content (AvgIpc) is 3.10. The Morgan fingerprint density at radius 3 is 2.62 bits per heavy atom. The van der Waals surface area contributed by atoms with Crippen LogP contribution in [0.3, 0.4) is 0 Å². The summed E-state index contributed by atoms with van der Waals surface area (Å²) in [5.74, 6) is 0.453. The van der Waals surface area contributed by atoms with Crippen molar-refractivity contribution in [2.24, 2.45) is 12.0 Å². The van der Waals surface area contributed by atoms with Gasteiger partial charge in [-0.05, 0) is 48.9 Å². The van der Waals surface area contributed by atoms with E-state index >= 15 is 0 Å². The third kappa shape index (κ3) is 2.68. The number of carbonyl (C=O) groups is 1. The normalized spacial score (nSPS) is 15.2. The molecular formula is C18H15N3O3. The Hall–Kier alpha value is -3.33. The molecule has 0 N–H and O–H groups in total. The molecule has 2 aromatic rings. The van der Waals surface area contributed by atoms with Gasteiger partial charge in [0, 0.05) is 18.3 Å². The number of aromatic nitrogens is 1. The van der Waals surface area contributed by atoms with Crippen molar-refractivity contribution in [3.63, 3.8) is 0 Å². The molecule has 0 aliphatic carbocycles. The summed E-state index contributed by atoms with van der Waals surface area (Å²) >= 11 is 0. The van der Waals surface area contributed by atoms with Crippen LogP contribution in [-0.2, 0) is 16.6 Å². The van der Waals surface area contributed by atoms with Crippen LogP contribution >= 0.6 is 0 Å². The largest absolute Gasteiger partial charge is 0.497 e. The van der Waals surface area contributed by atoms with Gasteiger partial charge in [-0.1, -0.05) is 0 Å². The number of nitrogens with zero attached hydrogens (tertiary/aromatic N) is 3. The van der Waals surface area contributed by atoms with E-state index in [1.807, 2.05) is 6.92 Å². The second-order valence-electron chi connectivity index (χ2n) is 5.31. The molecule has 3 rings (SSSR count). The van der Waals surface area contributed by atoms with Gasteiger partial charge in [0.15, 0.2) is 5.70 Å². The van der Waals surface area contributed by atoms with Gasteiger partial charge >= 0.3 is 5.97 Å². The van der Waals surface area contributed by atoms with Crippen molar-refractivity contribution in [1.82, 2.24) is 4.57 Å². The molecule has 0 saturated heterocycles. The van der Waals surface area contributed by atoms with Gasteiger partial charge in [-0.3, -0.25) is 0 Å². The summed E-state index contributed by atoms with van der Waals surface area (Å²) < 4.78 is 12.1. The molecule has 24 heavy (non-hydrogen) atoms. The minimum absolute atomic E-state index is 0.207. The molecule has 0 bridgehead atoms. The number of nitriles is 1. The van der Waals surface area contributed by atoms with Crippen molar-refractivity contribution in [1.29, 1.82) is 5.26 Å². The summed E-state index contributed by atoms with van der Waals surface area (Å²) in [5, 5.41) is 9.08. The quantitative estimate of drug-likeness (QED) is 0.643. The number of hydrogen-bond acceptors (Lipinski definition) is 5. The van der Waals surface area contributed by atoms with Crippen LogP contribution in [-0.4, -0.2) is 23.5 Å². The zero-order valence-electron chi connectivity index (χ0n) is 13.5. The van der Waals surface area contributed by atoms with Crippen LogP contribution in [0.4, 0.5) is 0 Å². The molecular weight excluding hydrogens is 306 g/mol. The number of benzene rings is 1. The van der Waals surface area contributed by atoms with Crippen LogP contribution in [0.1, 0.15) is 22.5 Å². The Labute approximate surface area is 139 Å². The molecule has 6 heteroatoms. The Balaban J connectivity index is 1.95. The van der Waals surface area contributed by atoms with E-state index in [1.165, 1.54) is 0 Å². The van der Waals surface area contributed by atoms with Crippen LogP contribution < -0.4 is 4.74 Å². The molecule has 120 valence electrons. The second kappa shape index (κ2) is 6.05. The third-order valence-electron chi connectivity index (χ3n) is 3.94. The lowest BCUT2D eigenvalue weighted by atomic mass is 10.2. The van der Waals surface area contributed by atoms with Crippen LogP contribution in [0.2, 0.25) is 0 Å². The molecule has 0 unspecified atom stereocenters. The molecule has 0 radical (unpaired) electrons. The first-order valence-corrected chi connectivity index (χ1v) is 7.27. The van der Waals surface area contributed by atoms with Crippen LogP contribution in [0.25, 0.3) is 6.08 Å². The lowest BCUT2D eigenvalue weighted by molar-refractivity contribution is -0.129. The van der Waals surface area contributed by atoms with Gasteiger partial charge in [0.05, 0.1) is 7.11 Å². The molecule has 1 aromatic heterocycles. The van der Waals surface area contributed by atoms with E-state index in [0.29, 0.717) is 17.0 Å². The van der Waals surface area contributed by atoms with Crippen molar-refractivity contribution >= 4 is 17.9 Å². The van der Waals surface area contributed by atoms with E-state index < -0.39 is 5.97 Å². The smallest absolute Gasteiger partial charge is 0.363 e. The van der Waals surface area contributed by atoms with Gasteiger partial charge in [-0.15, -0.1) is 0 Å². The second-order valence-corrected chi connectivity index (χ2v) is 5.31. The van der Waals surface area contributed by atoms with E-state index in [2.05, 4.69) is 11.1 Å². The lowest BCUT2D eigenvalue weighted by Crippen LogP contribution is -2.05. The molecule has 6 nitrogen and oxygen atoms in total. The molecule has 0 amide bonds. The van der Waals surface area contributed by atoms with E-state index in [-0.39, 0.29) is 11.6 Å². The predicted molar refractivity (Wildman–Crippen MR) is 88.5 cm³/mol. The summed E-state index contributed by atoms with van der Waals surface area (Å²) in [6.45, 7) is 1.88. The lowest BCUT2D eigenvalue weighted by Gasteiger charge is -2.01. The maximum Gasteiger partial charge on any atom is 0.363 e. The number of carbonyl (C=O) groups excluding carboxylic acids is 1. The highest BCUT2D eigenvalue weighted by Gasteiger charge is 2.24. The highest BCUT2D eigenvalue weighted by molar-refractivity contribution is 6.12. The number of aliphatic imine (C=N–C) groups is 1. The number of cyclic esters (lactones) is 1. The Kier molecular flexibility index (Phi) is 3.92. The minimum Gasteiger partial charge on any atom is -0.497 e. The first-order chi connectivity index (χ1) is 11.5.